The number of aromatic nitrogens is 1. The molecule has 3 rings (SSSR count). The first kappa shape index (κ1) is 10.9. The van der Waals surface area contributed by atoms with Crippen LogP contribution in [-0.2, 0) is 11.2 Å². The number of carbonyl (C=O) groups is 1. The standard InChI is InChI=1S/C14H18N2O/c17-14(11-6-8-15-9-11)12-5-1-3-10-4-2-7-16-13(10)12/h2,4,7,11-12,15H,1,3,5-6,8-9H2. The highest BCUT2D eigenvalue weighted by atomic mass is 16.1. The van der Waals surface area contributed by atoms with Gasteiger partial charge in [-0.05, 0) is 43.9 Å². The lowest BCUT2D eigenvalue weighted by atomic mass is 9.80. The van der Waals surface area contributed by atoms with Crippen molar-refractivity contribution in [1.82, 2.24) is 10.3 Å². The summed E-state index contributed by atoms with van der Waals surface area (Å²) in [5.74, 6) is 0.687. The number of fused-ring (bicyclic) bond motifs is 1. The molecule has 3 heteroatoms. The molecule has 1 saturated heterocycles. The van der Waals surface area contributed by atoms with E-state index in [9.17, 15) is 4.79 Å². The summed E-state index contributed by atoms with van der Waals surface area (Å²) in [6, 6.07) is 4.09. The minimum Gasteiger partial charge on any atom is -0.316 e. The molecule has 2 unspecified atom stereocenters. The highest BCUT2D eigenvalue weighted by Crippen LogP contribution is 2.33. The lowest BCUT2D eigenvalue weighted by molar-refractivity contribution is -0.124. The van der Waals surface area contributed by atoms with Crippen molar-refractivity contribution < 1.29 is 4.79 Å². The third-order valence-corrected chi connectivity index (χ3v) is 4.00. The van der Waals surface area contributed by atoms with Crippen LogP contribution < -0.4 is 5.32 Å². The highest BCUT2D eigenvalue weighted by molar-refractivity contribution is 5.88. The molecule has 1 aromatic rings. The smallest absolute Gasteiger partial charge is 0.146 e. The molecule has 2 atom stereocenters. The van der Waals surface area contributed by atoms with E-state index < -0.39 is 0 Å². The zero-order valence-electron chi connectivity index (χ0n) is 9.98. The summed E-state index contributed by atoms with van der Waals surface area (Å²) < 4.78 is 0. The molecule has 3 nitrogen and oxygen atoms in total. The molecule has 1 N–H and O–H groups in total. The molecule has 1 fully saturated rings. The van der Waals surface area contributed by atoms with Gasteiger partial charge in [0.25, 0.3) is 0 Å². The molecule has 0 radical (unpaired) electrons. The topological polar surface area (TPSA) is 42.0 Å². The van der Waals surface area contributed by atoms with Crippen LogP contribution >= 0.6 is 0 Å². The molecule has 0 bridgehead atoms. The van der Waals surface area contributed by atoms with Crippen LogP contribution in [0.2, 0.25) is 0 Å². The van der Waals surface area contributed by atoms with Gasteiger partial charge in [0.15, 0.2) is 0 Å². The minimum atomic E-state index is 0.0600. The van der Waals surface area contributed by atoms with E-state index >= 15 is 0 Å². The maximum Gasteiger partial charge on any atom is 0.146 e. The van der Waals surface area contributed by atoms with E-state index in [0.29, 0.717) is 5.78 Å². The van der Waals surface area contributed by atoms with E-state index in [0.717, 1.165) is 44.5 Å². The molecule has 2 aliphatic rings. The summed E-state index contributed by atoms with van der Waals surface area (Å²) in [7, 11) is 0. The second-order valence-corrected chi connectivity index (χ2v) is 5.08. The predicted molar refractivity (Wildman–Crippen MR) is 65.9 cm³/mol. The van der Waals surface area contributed by atoms with E-state index in [2.05, 4.69) is 16.4 Å². The van der Waals surface area contributed by atoms with Crippen molar-refractivity contribution >= 4 is 5.78 Å². The van der Waals surface area contributed by atoms with Gasteiger partial charge in [-0.15, -0.1) is 0 Å². The van der Waals surface area contributed by atoms with Gasteiger partial charge in [0.05, 0.1) is 11.6 Å². The zero-order valence-corrected chi connectivity index (χ0v) is 9.98. The number of hydrogen-bond donors (Lipinski definition) is 1. The van der Waals surface area contributed by atoms with Gasteiger partial charge in [0.1, 0.15) is 5.78 Å². The number of rotatable bonds is 2. The van der Waals surface area contributed by atoms with Gasteiger partial charge < -0.3 is 5.32 Å². The second kappa shape index (κ2) is 4.57. The van der Waals surface area contributed by atoms with E-state index in [1.54, 1.807) is 0 Å². The summed E-state index contributed by atoms with van der Waals surface area (Å²) in [5, 5.41) is 3.28. The Balaban J connectivity index is 1.86. The van der Waals surface area contributed by atoms with Crippen molar-refractivity contribution in [2.24, 2.45) is 5.92 Å². The van der Waals surface area contributed by atoms with Gasteiger partial charge in [-0.2, -0.15) is 0 Å². The number of aryl methyl sites for hydroxylation is 1. The Morgan fingerprint density at radius 1 is 1.41 bits per heavy atom. The van der Waals surface area contributed by atoms with E-state index in [1.165, 1.54) is 5.56 Å². The SMILES string of the molecule is O=C(C1CCNC1)C1CCCc2cccnc21. The van der Waals surface area contributed by atoms with Crippen LogP contribution in [-0.4, -0.2) is 23.9 Å². The quantitative estimate of drug-likeness (QED) is 0.840. The molecule has 0 amide bonds. The number of nitrogens with zero attached hydrogens (tertiary/aromatic N) is 1. The fourth-order valence-electron chi connectivity index (χ4n) is 3.07. The van der Waals surface area contributed by atoms with Crippen LogP contribution in [0.25, 0.3) is 0 Å². The monoisotopic (exact) mass is 230 g/mol. The molecule has 0 saturated carbocycles. The van der Waals surface area contributed by atoms with Crippen molar-refractivity contribution in [2.75, 3.05) is 13.1 Å². The zero-order chi connectivity index (χ0) is 11.7. The van der Waals surface area contributed by atoms with Crippen LogP contribution in [0.3, 0.4) is 0 Å². The first-order valence-electron chi connectivity index (χ1n) is 6.54. The summed E-state index contributed by atoms with van der Waals surface area (Å²) >= 11 is 0. The number of ketones is 1. The van der Waals surface area contributed by atoms with Gasteiger partial charge in [-0.1, -0.05) is 6.07 Å². The van der Waals surface area contributed by atoms with Gasteiger partial charge in [0, 0.05) is 18.7 Å². The van der Waals surface area contributed by atoms with Crippen molar-refractivity contribution in [1.29, 1.82) is 0 Å². The molecule has 0 aromatic carbocycles. The second-order valence-electron chi connectivity index (χ2n) is 5.08. The van der Waals surface area contributed by atoms with E-state index in [-0.39, 0.29) is 11.8 Å². The Kier molecular flexibility index (Phi) is 2.93. The van der Waals surface area contributed by atoms with Crippen LogP contribution in [0.15, 0.2) is 18.3 Å². The molecule has 17 heavy (non-hydrogen) atoms. The number of Topliss-reactive ketones (excluding diaryl/α,β-unsaturated/α-hetero) is 1. The Morgan fingerprint density at radius 3 is 3.18 bits per heavy atom. The summed E-state index contributed by atoms with van der Waals surface area (Å²) in [5.41, 5.74) is 2.33. The number of hydrogen-bond acceptors (Lipinski definition) is 3. The summed E-state index contributed by atoms with van der Waals surface area (Å²) in [4.78, 5) is 16.9. The largest absolute Gasteiger partial charge is 0.316 e. The molecular formula is C14H18N2O. The Morgan fingerprint density at radius 2 is 2.35 bits per heavy atom. The van der Waals surface area contributed by atoms with Crippen LogP contribution in [0.1, 0.15) is 36.4 Å². The van der Waals surface area contributed by atoms with Gasteiger partial charge in [-0.3, -0.25) is 9.78 Å². The van der Waals surface area contributed by atoms with Crippen LogP contribution in [0.5, 0.6) is 0 Å². The van der Waals surface area contributed by atoms with E-state index in [1.807, 2.05) is 12.3 Å². The number of carbonyl (C=O) groups excluding carboxylic acids is 1. The van der Waals surface area contributed by atoms with Gasteiger partial charge >= 0.3 is 0 Å². The van der Waals surface area contributed by atoms with Gasteiger partial charge in [0.2, 0.25) is 0 Å². The Bertz CT molecular complexity index is 424. The van der Waals surface area contributed by atoms with Crippen molar-refractivity contribution in [3.8, 4) is 0 Å². The lowest BCUT2D eigenvalue weighted by Gasteiger charge is -2.25. The fraction of sp³-hybridized carbons (Fsp3) is 0.571. The predicted octanol–water partition coefficient (Wildman–Crippen LogP) is 1.68. The molecule has 90 valence electrons. The average molecular weight is 230 g/mol. The molecule has 1 aromatic heterocycles. The van der Waals surface area contributed by atoms with E-state index in [4.69, 9.17) is 0 Å². The first-order valence-corrected chi connectivity index (χ1v) is 6.54. The lowest BCUT2D eigenvalue weighted by Crippen LogP contribution is -2.27. The van der Waals surface area contributed by atoms with Crippen molar-refractivity contribution in [2.45, 2.75) is 31.6 Å². The Hall–Kier alpha value is -1.22. The van der Waals surface area contributed by atoms with Gasteiger partial charge in [-0.25, -0.2) is 0 Å². The first-order chi connectivity index (χ1) is 8.36. The molecule has 0 spiro atoms. The fourth-order valence-corrected chi connectivity index (χ4v) is 3.07. The maximum atomic E-state index is 12.5. The minimum absolute atomic E-state index is 0.0600. The van der Waals surface area contributed by atoms with Crippen LogP contribution in [0.4, 0.5) is 0 Å². The number of nitrogens with one attached hydrogen (secondary N) is 1. The Labute approximate surface area is 102 Å². The molecule has 1 aliphatic heterocycles. The molecule has 2 heterocycles. The highest BCUT2D eigenvalue weighted by Gasteiger charge is 2.33. The number of pyridine rings is 1. The average Bonchev–Trinajstić information content (AvgIpc) is 2.91. The van der Waals surface area contributed by atoms with Crippen LogP contribution in [0, 0.1) is 5.92 Å². The molecule has 1 aliphatic carbocycles. The van der Waals surface area contributed by atoms with Crippen molar-refractivity contribution in [3.05, 3.63) is 29.6 Å². The maximum absolute atomic E-state index is 12.5. The summed E-state index contributed by atoms with van der Waals surface area (Å²) in [6.45, 7) is 1.84. The molecular weight excluding hydrogens is 212 g/mol. The third kappa shape index (κ3) is 2.00. The normalized spacial score (nSPS) is 27.8. The summed E-state index contributed by atoms with van der Waals surface area (Å²) in [6.07, 6.45) is 6.00. The van der Waals surface area contributed by atoms with Crippen molar-refractivity contribution in [3.63, 3.8) is 0 Å². The third-order valence-electron chi connectivity index (χ3n) is 4.00.